The smallest absolute Gasteiger partial charge is 0.191 e. The lowest BCUT2D eigenvalue weighted by molar-refractivity contribution is 0.733. The summed E-state index contributed by atoms with van der Waals surface area (Å²) in [6.07, 6.45) is 5.58. The highest BCUT2D eigenvalue weighted by Crippen LogP contribution is 2.10. The lowest BCUT2D eigenvalue weighted by Crippen LogP contribution is -2.37. The fourth-order valence-electron chi connectivity index (χ4n) is 1.66. The van der Waals surface area contributed by atoms with Crippen molar-refractivity contribution in [2.75, 3.05) is 25.1 Å². The average Bonchev–Trinajstić information content (AvgIpc) is 2.92. The third-order valence-electron chi connectivity index (χ3n) is 2.71. The van der Waals surface area contributed by atoms with E-state index in [1.54, 1.807) is 11.3 Å². The van der Waals surface area contributed by atoms with Crippen molar-refractivity contribution in [1.82, 2.24) is 15.6 Å². The third kappa shape index (κ3) is 7.14. The molecule has 0 spiro atoms. The fraction of sp³-hybridized carbons (Fsp3) is 0.714. The topological polar surface area (TPSA) is 49.3 Å². The molecule has 0 saturated carbocycles. The minimum atomic E-state index is 0.649. The van der Waals surface area contributed by atoms with Gasteiger partial charge in [0.15, 0.2) is 5.96 Å². The fourth-order valence-corrected chi connectivity index (χ4v) is 2.89. The second-order valence-corrected chi connectivity index (χ2v) is 6.34. The molecule has 0 bridgehead atoms. The zero-order valence-electron chi connectivity index (χ0n) is 12.7. The lowest BCUT2D eigenvalue weighted by atomic mass is 10.3. The molecular weight excluding hydrogens is 288 g/mol. The predicted molar refractivity (Wildman–Crippen MR) is 91.9 cm³/mol. The molecule has 2 N–H and O–H groups in total. The van der Waals surface area contributed by atoms with E-state index in [4.69, 9.17) is 0 Å². The molecule has 1 rings (SSSR count). The zero-order chi connectivity index (χ0) is 14.6. The Morgan fingerprint density at radius 3 is 2.85 bits per heavy atom. The minimum absolute atomic E-state index is 0.649. The van der Waals surface area contributed by atoms with Gasteiger partial charge in [-0.15, -0.1) is 11.3 Å². The minimum Gasteiger partial charge on any atom is -0.357 e. The van der Waals surface area contributed by atoms with Crippen molar-refractivity contribution >= 4 is 29.1 Å². The summed E-state index contributed by atoms with van der Waals surface area (Å²) in [5, 5.41) is 9.94. The Labute approximate surface area is 130 Å². The second kappa shape index (κ2) is 11.0. The highest BCUT2D eigenvalue weighted by atomic mass is 32.2. The number of aryl methyl sites for hydroxylation is 1. The van der Waals surface area contributed by atoms with Gasteiger partial charge in [0.25, 0.3) is 0 Å². The van der Waals surface area contributed by atoms with E-state index in [1.165, 1.54) is 23.6 Å². The highest BCUT2D eigenvalue weighted by molar-refractivity contribution is 7.98. The predicted octanol–water partition coefficient (Wildman–Crippen LogP) is 2.90. The van der Waals surface area contributed by atoms with E-state index in [1.807, 2.05) is 11.8 Å². The van der Waals surface area contributed by atoms with Crippen LogP contribution in [0.1, 0.15) is 37.4 Å². The van der Waals surface area contributed by atoms with E-state index in [0.717, 1.165) is 31.2 Å². The van der Waals surface area contributed by atoms with E-state index in [9.17, 15) is 0 Å². The number of unbranched alkanes of at least 4 members (excludes halogenated alkanes) is 1. The largest absolute Gasteiger partial charge is 0.357 e. The molecule has 0 unspecified atom stereocenters. The van der Waals surface area contributed by atoms with E-state index in [-0.39, 0.29) is 0 Å². The highest BCUT2D eigenvalue weighted by Gasteiger charge is 2.01. The first kappa shape index (κ1) is 17.3. The third-order valence-corrected chi connectivity index (χ3v) is 4.45. The van der Waals surface area contributed by atoms with E-state index < -0.39 is 0 Å². The molecule has 20 heavy (non-hydrogen) atoms. The molecular formula is C14H26N4S2. The Morgan fingerprint density at radius 2 is 2.20 bits per heavy atom. The van der Waals surface area contributed by atoms with Crippen LogP contribution in [0.3, 0.4) is 0 Å². The van der Waals surface area contributed by atoms with Crippen LogP contribution in [0.15, 0.2) is 10.4 Å². The van der Waals surface area contributed by atoms with Crippen molar-refractivity contribution in [3.63, 3.8) is 0 Å². The summed E-state index contributed by atoms with van der Waals surface area (Å²) in [7, 11) is 0. The van der Waals surface area contributed by atoms with Crippen LogP contribution in [0.2, 0.25) is 0 Å². The molecule has 0 atom stereocenters. The van der Waals surface area contributed by atoms with Crippen LogP contribution in [-0.4, -0.2) is 36.0 Å². The Bertz CT molecular complexity index is 390. The van der Waals surface area contributed by atoms with Gasteiger partial charge in [0, 0.05) is 18.5 Å². The Hall–Kier alpha value is -0.750. The molecule has 0 aliphatic heterocycles. The number of hydrogen-bond acceptors (Lipinski definition) is 4. The van der Waals surface area contributed by atoms with Crippen molar-refractivity contribution in [3.8, 4) is 0 Å². The van der Waals surface area contributed by atoms with Gasteiger partial charge in [0.1, 0.15) is 0 Å². The Morgan fingerprint density at radius 1 is 1.35 bits per heavy atom. The monoisotopic (exact) mass is 314 g/mol. The number of thiazole rings is 1. The van der Waals surface area contributed by atoms with Gasteiger partial charge in [-0.2, -0.15) is 11.8 Å². The van der Waals surface area contributed by atoms with Crippen molar-refractivity contribution in [2.45, 2.75) is 39.7 Å². The van der Waals surface area contributed by atoms with Crippen LogP contribution in [0, 0.1) is 0 Å². The molecule has 0 radical (unpaired) electrons. The van der Waals surface area contributed by atoms with Crippen molar-refractivity contribution in [2.24, 2.45) is 4.99 Å². The van der Waals surface area contributed by atoms with Gasteiger partial charge < -0.3 is 10.6 Å². The van der Waals surface area contributed by atoms with Crippen molar-refractivity contribution < 1.29 is 0 Å². The molecule has 0 aliphatic rings. The summed E-state index contributed by atoms with van der Waals surface area (Å²) in [6.45, 7) is 6.73. The Balaban J connectivity index is 2.37. The summed E-state index contributed by atoms with van der Waals surface area (Å²) >= 11 is 3.62. The molecule has 1 aromatic heterocycles. The zero-order valence-corrected chi connectivity index (χ0v) is 14.4. The first-order valence-corrected chi connectivity index (χ1v) is 9.51. The standard InChI is InChI=1S/C14H26N4S2/c1-4-13-18-12(11-20-13)10-17-14(15-5-2)16-8-6-7-9-19-3/h11H,4-10H2,1-3H3,(H2,15,16,17). The maximum Gasteiger partial charge on any atom is 0.191 e. The van der Waals surface area contributed by atoms with Gasteiger partial charge >= 0.3 is 0 Å². The molecule has 1 heterocycles. The first-order chi connectivity index (χ1) is 9.80. The second-order valence-electron chi connectivity index (χ2n) is 4.41. The molecule has 1 aromatic rings. The van der Waals surface area contributed by atoms with Crippen LogP contribution in [0.25, 0.3) is 0 Å². The number of guanidine groups is 1. The van der Waals surface area contributed by atoms with E-state index in [2.05, 4.69) is 46.1 Å². The summed E-state index contributed by atoms with van der Waals surface area (Å²) in [4.78, 5) is 9.12. The molecule has 0 amide bonds. The van der Waals surface area contributed by atoms with Crippen LogP contribution in [0.4, 0.5) is 0 Å². The van der Waals surface area contributed by atoms with Crippen molar-refractivity contribution in [1.29, 1.82) is 0 Å². The van der Waals surface area contributed by atoms with Gasteiger partial charge in [0.05, 0.1) is 17.2 Å². The summed E-state index contributed by atoms with van der Waals surface area (Å²) < 4.78 is 0. The maximum atomic E-state index is 4.58. The Kier molecular flexibility index (Phi) is 9.49. The van der Waals surface area contributed by atoms with Gasteiger partial charge in [-0.05, 0) is 38.2 Å². The number of aromatic nitrogens is 1. The number of nitrogens with zero attached hydrogens (tertiary/aromatic N) is 2. The first-order valence-electron chi connectivity index (χ1n) is 7.24. The number of aliphatic imine (C=N–C) groups is 1. The van der Waals surface area contributed by atoms with Gasteiger partial charge in [0.2, 0.25) is 0 Å². The van der Waals surface area contributed by atoms with Gasteiger partial charge in [-0.25, -0.2) is 9.98 Å². The average molecular weight is 315 g/mol. The molecule has 114 valence electrons. The van der Waals surface area contributed by atoms with Crippen LogP contribution >= 0.6 is 23.1 Å². The van der Waals surface area contributed by atoms with E-state index in [0.29, 0.717) is 6.54 Å². The lowest BCUT2D eigenvalue weighted by Gasteiger charge is -2.10. The summed E-state index contributed by atoms with van der Waals surface area (Å²) in [5.41, 5.74) is 1.06. The molecule has 0 aromatic carbocycles. The van der Waals surface area contributed by atoms with Crippen LogP contribution in [0.5, 0.6) is 0 Å². The van der Waals surface area contributed by atoms with Crippen LogP contribution in [-0.2, 0) is 13.0 Å². The molecule has 0 fully saturated rings. The molecule has 0 saturated heterocycles. The quantitative estimate of drug-likeness (QED) is 0.418. The maximum absolute atomic E-state index is 4.58. The number of rotatable bonds is 9. The van der Waals surface area contributed by atoms with Gasteiger partial charge in [-0.1, -0.05) is 6.92 Å². The van der Waals surface area contributed by atoms with E-state index >= 15 is 0 Å². The van der Waals surface area contributed by atoms with Crippen LogP contribution < -0.4 is 10.6 Å². The van der Waals surface area contributed by atoms with Gasteiger partial charge in [-0.3, -0.25) is 0 Å². The molecule has 0 aliphatic carbocycles. The van der Waals surface area contributed by atoms with Crippen molar-refractivity contribution in [3.05, 3.63) is 16.1 Å². The number of hydrogen-bond donors (Lipinski definition) is 2. The number of thioether (sulfide) groups is 1. The summed E-state index contributed by atoms with van der Waals surface area (Å²) in [5.74, 6) is 2.12. The number of nitrogens with one attached hydrogen (secondary N) is 2. The molecule has 4 nitrogen and oxygen atoms in total. The normalized spacial score (nSPS) is 11.7. The summed E-state index contributed by atoms with van der Waals surface area (Å²) in [6, 6.07) is 0. The SMILES string of the molecule is CCNC(=NCc1csc(CC)n1)NCCCCSC. The molecule has 6 heteroatoms.